The Labute approximate surface area is 109 Å². The monoisotopic (exact) mass is 266 g/mol. The van der Waals surface area contributed by atoms with Crippen LogP contribution >= 0.6 is 11.8 Å². The summed E-state index contributed by atoms with van der Waals surface area (Å²) in [6.45, 7) is 2.57. The van der Waals surface area contributed by atoms with E-state index >= 15 is 0 Å². The summed E-state index contributed by atoms with van der Waals surface area (Å²) in [5.41, 5.74) is 0.788. The third kappa shape index (κ3) is 2.48. The molecular weight excluding hydrogens is 252 g/mol. The number of hydrogen-bond acceptors (Lipinski definition) is 4. The van der Waals surface area contributed by atoms with Crippen LogP contribution in [0, 0.1) is 0 Å². The van der Waals surface area contributed by atoms with Crippen molar-refractivity contribution in [2.75, 3.05) is 11.4 Å². The van der Waals surface area contributed by atoms with Crippen molar-refractivity contribution < 1.29 is 14.7 Å². The van der Waals surface area contributed by atoms with Crippen molar-refractivity contribution in [3.8, 4) is 0 Å². The van der Waals surface area contributed by atoms with E-state index < -0.39 is 11.2 Å². The van der Waals surface area contributed by atoms with Gasteiger partial charge in [0.25, 0.3) is 0 Å². The number of amides is 1. The van der Waals surface area contributed by atoms with Crippen molar-refractivity contribution in [3.63, 3.8) is 0 Å². The van der Waals surface area contributed by atoms with Gasteiger partial charge in [-0.3, -0.25) is 9.59 Å². The minimum atomic E-state index is -0.961. The first-order valence-electron chi connectivity index (χ1n) is 5.78. The van der Waals surface area contributed by atoms with Gasteiger partial charge in [0.15, 0.2) is 0 Å². The van der Waals surface area contributed by atoms with Gasteiger partial charge in [-0.15, -0.1) is 0 Å². The number of fused-ring (bicyclic) bond motifs is 1. The Morgan fingerprint density at radius 1 is 1.61 bits per heavy atom. The first-order valence-corrected chi connectivity index (χ1v) is 6.66. The molecule has 1 N–H and O–H groups in total. The highest BCUT2D eigenvalue weighted by Gasteiger charge is 2.35. The SMILES string of the molecule is CCCN1C(=O)[C@@H](CC(=O)O)Sc2ncccc21. The molecule has 0 fully saturated rings. The average molecular weight is 266 g/mol. The third-order valence-electron chi connectivity index (χ3n) is 2.64. The fraction of sp³-hybridized carbons (Fsp3) is 0.417. The van der Waals surface area contributed by atoms with Gasteiger partial charge >= 0.3 is 5.97 Å². The number of carbonyl (C=O) groups is 2. The molecule has 0 aliphatic carbocycles. The number of nitrogens with zero attached hydrogens (tertiary/aromatic N) is 2. The van der Waals surface area contributed by atoms with Crippen LogP contribution in [0.2, 0.25) is 0 Å². The molecule has 18 heavy (non-hydrogen) atoms. The quantitative estimate of drug-likeness (QED) is 0.899. The highest BCUT2D eigenvalue weighted by molar-refractivity contribution is 8.00. The van der Waals surface area contributed by atoms with Crippen LogP contribution in [0.15, 0.2) is 23.4 Å². The van der Waals surface area contributed by atoms with E-state index in [4.69, 9.17) is 5.11 Å². The Kier molecular flexibility index (Phi) is 3.86. The number of carbonyl (C=O) groups excluding carboxylic acids is 1. The second-order valence-corrected chi connectivity index (χ2v) is 5.21. The molecule has 1 aromatic rings. The van der Waals surface area contributed by atoms with Gasteiger partial charge in [-0.2, -0.15) is 0 Å². The van der Waals surface area contributed by atoms with Crippen molar-refractivity contribution in [2.45, 2.75) is 30.0 Å². The summed E-state index contributed by atoms with van der Waals surface area (Å²) >= 11 is 1.24. The molecule has 96 valence electrons. The number of hydrogen-bond donors (Lipinski definition) is 1. The Hall–Kier alpha value is -1.56. The van der Waals surface area contributed by atoms with E-state index in [0.29, 0.717) is 6.54 Å². The Morgan fingerprint density at radius 3 is 3.06 bits per heavy atom. The van der Waals surface area contributed by atoms with Gasteiger partial charge in [-0.1, -0.05) is 18.7 Å². The molecule has 1 atom stereocenters. The lowest BCUT2D eigenvalue weighted by Crippen LogP contribution is -2.42. The molecule has 1 aromatic heterocycles. The largest absolute Gasteiger partial charge is 0.481 e. The van der Waals surface area contributed by atoms with Gasteiger partial charge < -0.3 is 10.0 Å². The van der Waals surface area contributed by atoms with Crippen LogP contribution in [0.25, 0.3) is 0 Å². The van der Waals surface area contributed by atoms with E-state index in [1.165, 1.54) is 11.8 Å². The molecule has 0 spiro atoms. The zero-order valence-corrected chi connectivity index (χ0v) is 10.8. The maximum absolute atomic E-state index is 12.2. The van der Waals surface area contributed by atoms with Crippen molar-refractivity contribution >= 4 is 29.3 Å². The van der Waals surface area contributed by atoms with E-state index in [0.717, 1.165) is 17.1 Å². The van der Waals surface area contributed by atoms with Crippen LogP contribution in [-0.4, -0.2) is 33.8 Å². The van der Waals surface area contributed by atoms with Crippen molar-refractivity contribution in [3.05, 3.63) is 18.3 Å². The standard InChI is InChI=1S/C12H14N2O3S/c1-2-6-14-8-4-3-5-13-11(8)18-9(12(14)17)7-10(15)16/h3-5,9H,2,6-7H2,1H3,(H,15,16)/t9-/m1/s1. The summed E-state index contributed by atoms with van der Waals surface area (Å²) in [6, 6.07) is 3.63. The number of carboxylic acids is 1. The maximum atomic E-state index is 12.2. The second kappa shape index (κ2) is 5.39. The zero-order valence-electron chi connectivity index (χ0n) is 10.00. The van der Waals surface area contributed by atoms with Crippen LogP contribution in [0.5, 0.6) is 0 Å². The predicted octanol–water partition coefficient (Wildman–Crippen LogP) is 1.77. The van der Waals surface area contributed by atoms with Gasteiger partial charge in [0.1, 0.15) is 10.3 Å². The van der Waals surface area contributed by atoms with E-state index in [1.807, 2.05) is 13.0 Å². The number of pyridine rings is 1. The summed E-state index contributed by atoms with van der Waals surface area (Å²) in [4.78, 5) is 28.9. The Balaban J connectivity index is 2.33. The van der Waals surface area contributed by atoms with Crippen molar-refractivity contribution in [1.29, 1.82) is 0 Å². The van der Waals surface area contributed by atoms with Crippen LogP contribution in [0.3, 0.4) is 0 Å². The number of carboxylic acid groups (broad SMARTS) is 1. The van der Waals surface area contributed by atoms with Gasteiger partial charge in [0, 0.05) is 12.7 Å². The number of aliphatic carboxylic acids is 1. The van der Waals surface area contributed by atoms with Crippen LogP contribution < -0.4 is 4.90 Å². The summed E-state index contributed by atoms with van der Waals surface area (Å²) in [5, 5.41) is 9.00. The van der Waals surface area contributed by atoms with Crippen LogP contribution in [0.1, 0.15) is 19.8 Å². The van der Waals surface area contributed by atoms with Crippen molar-refractivity contribution in [1.82, 2.24) is 4.98 Å². The molecule has 1 aliphatic heterocycles. The van der Waals surface area contributed by atoms with Gasteiger partial charge in [-0.25, -0.2) is 4.98 Å². The molecular formula is C12H14N2O3S. The molecule has 1 amide bonds. The normalized spacial score (nSPS) is 18.6. The Morgan fingerprint density at radius 2 is 2.39 bits per heavy atom. The highest BCUT2D eigenvalue weighted by atomic mass is 32.2. The third-order valence-corrected chi connectivity index (χ3v) is 3.84. The van der Waals surface area contributed by atoms with E-state index in [9.17, 15) is 9.59 Å². The molecule has 2 rings (SSSR count). The summed E-state index contributed by atoms with van der Waals surface area (Å²) in [6.07, 6.45) is 2.31. The zero-order chi connectivity index (χ0) is 13.1. The smallest absolute Gasteiger partial charge is 0.305 e. The number of thioether (sulfide) groups is 1. The second-order valence-electron chi connectivity index (χ2n) is 4.02. The van der Waals surface area contributed by atoms with Crippen LogP contribution in [-0.2, 0) is 9.59 Å². The van der Waals surface area contributed by atoms with E-state index in [1.54, 1.807) is 17.2 Å². The lowest BCUT2D eigenvalue weighted by Gasteiger charge is -2.32. The fourth-order valence-electron chi connectivity index (χ4n) is 1.90. The molecule has 0 radical (unpaired) electrons. The van der Waals surface area contributed by atoms with Gasteiger partial charge in [0.2, 0.25) is 5.91 Å². The molecule has 0 bridgehead atoms. The first-order chi connectivity index (χ1) is 8.63. The van der Waals surface area contributed by atoms with E-state index in [2.05, 4.69) is 4.98 Å². The predicted molar refractivity (Wildman–Crippen MR) is 68.8 cm³/mol. The molecule has 6 heteroatoms. The van der Waals surface area contributed by atoms with Gasteiger partial charge in [-0.05, 0) is 18.6 Å². The number of anilines is 1. The molecule has 1 aliphatic rings. The first kappa shape index (κ1) is 12.9. The summed E-state index contributed by atoms with van der Waals surface area (Å²) in [7, 11) is 0. The topological polar surface area (TPSA) is 70.5 Å². The number of aromatic nitrogens is 1. The molecule has 0 unspecified atom stereocenters. The fourth-order valence-corrected chi connectivity index (χ4v) is 3.04. The van der Waals surface area contributed by atoms with Gasteiger partial charge in [0.05, 0.1) is 12.1 Å². The molecule has 5 nitrogen and oxygen atoms in total. The molecule has 0 saturated carbocycles. The Bertz CT molecular complexity index is 478. The lowest BCUT2D eigenvalue weighted by atomic mass is 10.2. The highest BCUT2D eigenvalue weighted by Crippen LogP contribution is 2.38. The summed E-state index contributed by atoms with van der Waals surface area (Å²) in [5.74, 6) is -1.10. The molecule has 2 heterocycles. The van der Waals surface area contributed by atoms with E-state index in [-0.39, 0.29) is 12.3 Å². The lowest BCUT2D eigenvalue weighted by molar-refractivity contribution is -0.138. The maximum Gasteiger partial charge on any atom is 0.305 e. The number of rotatable bonds is 4. The average Bonchev–Trinajstić information content (AvgIpc) is 2.34. The van der Waals surface area contributed by atoms with Crippen molar-refractivity contribution in [2.24, 2.45) is 0 Å². The van der Waals surface area contributed by atoms with Crippen LogP contribution in [0.4, 0.5) is 5.69 Å². The summed E-state index contributed by atoms with van der Waals surface area (Å²) < 4.78 is 0. The molecule has 0 saturated heterocycles. The minimum Gasteiger partial charge on any atom is -0.481 e. The minimum absolute atomic E-state index is 0.134. The molecule has 0 aromatic carbocycles.